The van der Waals surface area contributed by atoms with Crippen LogP contribution < -0.4 is 0 Å². The van der Waals surface area contributed by atoms with Gasteiger partial charge in [-0.2, -0.15) is 25.0 Å². The summed E-state index contributed by atoms with van der Waals surface area (Å²) < 4.78 is 0. The summed E-state index contributed by atoms with van der Waals surface area (Å²) in [5.74, 6) is 0. The molecule has 0 heterocycles. The Labute approximate surface area is 163 Å². The summed E-state index contributed by atoms with van der Waals surface area (Å²) in [4.78, 5) is 0. The molecule has 0 N–H and O–H groups in total. The van der Waals surface area contributed by atoms with E-state index in [0.29, 0.717) is 0 Å². The summed E-state index contributed by atoms with van der Waals surface area (Å²) in [6.07, 6.45) is 25.6. The van der Waals surface area contributed by atoms with Crippen LogP contribution in [0, 0.1) is 26.0 Å². The zero-order valence-electron chi connectivity index (χ0n) is 15.7. The Bertz CT molecular complexity index is 296. The third-order valence-electron chi connectivity index (χ3n) is 2.60. The molecule has 2 heteroatoms. The summed E-state index contributed by atoms with van der Waals surface area (Å²) in [7, 11) is 0. The molecule has 0 nitrogen and oxygen atoms in total. The van der Waals surface area contributed by atoms with E-state index in [4.69, 9.17) is 0 Å². The van der Waals surface area contributed by atoms with Gasteiger partial charge in [-0.25, -0.2) is 23.8 Å². The molecule has 0 bridgehead atoms. The second-order valence-corrected chi connectivity index (χ2v) is 4.79. The van der Waals surface area contributed by atoms with E-state index in [1.807, 2.05) is 19.0 Å². The zero-order valence-corrected chi connectivity index (χ0v) is 19.5. The first-order chi connectivity index (χ1) is 11.3. The third-order valence-corrected chi connectivity index (χ3v) is 2.60. The molecule has 0 aromatic rings. The number of hydrogen-bond acceptors (Lipinski definition) is 0. The Hall–Kier alpha value is 0.0600. The van der Waals surface area contributed by atoms with Crippen LogP contribution in [-0.4, -0.2) is 6.88 Å². The van der Waals surface area contributed by atoms with Gasteiger partial charge < -0.3 is 13.8 Å². The Kier molecular flexibility index (Phi) is 36.4. The van der Waals surface area contributed by atoms with Crippen molar-refractivity contribution in [1.82, 2.24) is 0 Å². The molecule has 0 aromatic carbocycles. The average molecular weight is 408 g/mol. The van der Waals surface area contributed by atoms with E-state index in [1.165, 1.54) is 31.3 Å². The molecule has 23 heavy (non-hydrogen) atoms. The number of unbranched alkanes of at least 4 members (excludes halogenated alkanes) is 2. The van der Waals surface area contributed by atoms with Crippen LogP contribution in [0.3, 0.4) is 0 Å². The molecule has 0 atom stereocenters. The molecule has 2 aliphatic carbocycles. The summed E-state index contributed by atoms with van der Waals surface area (Å²) in [6.45, 7) is 15.6. The first-order valence-electron chi connectivity index (χ1n) is 8.67. The monoisotopic (exact) mass is 406 g/mol. The van der Waals surface area contributed by atoms with Crippen LogP contribution in [0.25, 0.3) is 0 Å². The number of rotatable bonds is 4. The van der Waals surface area contributed by atoms with E-state index in [0.717, 1.165) is 25.7 Å². The van der Waals surface area contributed by atoms with Gasteiger partial charge in [0.1, 0.15) is 0 Å². The first kappa shape index (κ1) is 27.9. The molecular formula is C21H36SiZr-4. The van der Waals surface area contributed by atoms with Gasteiger partial charge in [-0.1, -0.05) is 46.5 Å². The molecule has 0 unspecified atom stereocenters. The van der Waals surface area contributed by atoms with E-state index < -0.39 is 0 Å². The predicted octanol–water partition coefficient (Wildman–Crippen LogP) is 6.10. The van der Waals surface area contributed by atoms with Gasteiger partial charge in [-0.15, -0.1) is 12.8 Å². The van der Waals surface area contributed by atoms with Gasteiger partial charge in [-0.05, 0) is 0 Å². The normalized spacial score (nSPS) is 12.4. The Morgan fingerprint density at radius 1 is 1.00 bits per heavy atom. The Morgan fingerprint density at radius 2 is 1.57 bits per heavy atom. The van der Waals surface area contributed by atoms with Crippen molar-refractivity contribution in [3.8, 4) is 0 Å². The van der Waals surface area contributed by atoms with Gasteiger partial charge in [-0.3, -0.25) is 12.2 Å². The summed E-state index contributed by atoms with van der Waals surface area (Å²) in [6, 6.07) is 0. The molecule has 132 valence electrons. The van der Waals surface area contributed by atoms with Crippen molar-refractivity contribution < 1.29 is 23.3 Å². The van der Waals surface area contributed by atoms with Gasteiger partial charge in [0, 0.05) is 0 Å². The Balaban J connectivity index is -0.000000235. The minimum absolute atomic E-state index is 1.01. The molecule has 0 aromatic heterocycles. The molecular weight excluding hydrogens is 372 g/mol. The SMILES string of the molecule is CCCC1=CC[C-]=C1.[C-]1=CC=CC1.[CH2-]CCC.[CH2-]CCC.[SiH2]=[Zr]. The van der Waals surface area contributed by atoms with Gasteiger partial charge in [0.25, 0.3) is 0 Å². The molecule has 2 rings (SSSR count). The van der Waals surface area contributed by atoms with Crippen LogP contribution in [0.15, 0.2) is 36.0 Å². The number of hydrogen-bond donors (Lipinski definition) is 0. The summed E-state index contributed by atoms with van der Waals surface area (Å²) in [5, 5.41) is 0. The number of allylic oxidation sites excluding steroid dienone is 8. The second kappa shape index (κ2) is 30.0. The van der Waals surface area contributed by atoms with Crippen molar-refractivity contribution in [2.24, 2.45) is 0 Å². The van der Waals surface area contributed by atoms with E-state index in [1.54, 1.807) is 23.3 Å². The average Bonchev–Trinajstić information content (AvgIpc) is 3.34. The topological polar surface area (TPSA) is 0 Å². The standard InChI is InChI=1S/C8H11.C5H5.2C4H9.H2Si.Zr/c1-2-5-8-6-3-4-7-8;1-2-4-5-3-1;2*1-3-4-2;;/h6-7H,2-3,5H2,1H3;1-3H,4H2;2*1,3-4H2,2H3;1H2;/q4*-1;;. The minimum atomic E-state index is 1.01. The first-order valence-corrected chi connectivity index (χ1v) is 14.6. The molecule has 0 saturated carbocycles. The molecule has 0 saturated heterocycles. The molecule has 0 fully saturated rings. The van der Waals surface area contributed by atoms with E-state index in [2.05, 4.69) is 65.0 Å². The second-order valence-electron chi connectivity index (χ2n) is 4.79. The van der Waals surface area contributed by atoms with Gasteiger partial charge in [0.15, 0.2) is 0 Å². The summed E-state index contributed by atoms with van der Waals surface area (Å²) in [5.41, 5.74) is 1.47. The fraction of sp³-hybridized carbons (Fsp3) is 0.524. The van der Waals surface area contributed by atoms with E-state index >= 15 is 0 Å². The van der Waals surface area contributed by atoms with Crippen LogP contribution in [0.2, 0.25) is 0 Å². The van der Waals surface area contributed by atoms with Crippen molar-refractivity contribution in [2.75, 3.05) is 0 Å². The van der Waals surface area contributed by atoms with Crippen LogP contribution in [-0.2, 0) is 23.3 Å². The maximum atomic E-state index is 3.60. The van der Waals surface area contributed by atoms with Crippen LogP contribution in [0.1, 0.15) is 72.1 Å². The van der Waals surface area contributed by atoms with Crippen LogP contribution >= 0.6 is 0 Å². The van der Waals surface area contributed by atoms with Gasteiger partial charge in [0.05, 0.1) is 0 Å². The third kappa shape index (κ3) is 30.5. The van der Waals surface area contributed by atoms with Crippen molar-refractivity contribution in [1.29, 1.82) is 0 Å². The van der Waals surface area contributed by atoms with Crippen molar-refractivity contribution in [3.05, 3.63) is 62.0 Å². The fourth-order valence-electron chi connectivity index (χ4n) is 1.24. The van der Waals surface area contributed by atoms with Crippen molar-refractivity contribution >= 4 is 6.88 Å². The molecule has 0 spiro atoms. The Morgan fingerprint density at radius 3 is 1.78 bits per heavy atom. The van der Waals surface area contributed by atoms with Crippen molar-refractivity contribution in [3.63, 3.8) is 0 Å². The quantitative estimate of drug-likeness (QED) is 0.390. The fourth-order valence-corrected chi connectivity index (χ4v) is 1.24. The van der Waals surface area contributed by atoms with Gasteiger partial charge >= 0.3 is 30.2 Å². The molecule has 0 amide bonds. The molecule has 2 aliphatic rings. The van der Waals surface area contributed by atoms with Gasteiger partial charge in [0.2, 0.25) is 0 Å². The zero-order chi connectivity index (χ0) is 18.2. The van der Waals surface area contributed by atoms with Crippen LogP contribution in [0.4, 0.5) is 0 Å². The van der Waals surface area contributed by atoms with E-state index in [-0.39, 0.29) is 0 Å². The molecule has 0 radical (unpaired) electrons. The van der Waals surface area contributed by atoms with Crippen LogP contribution in [0.5, 0.6) is 0 Å². The predicted molar refractivity (Wildman–Crippen MR) is 106 cm³/mol. The van der Waals surface area contributed by atoms with Crippen molar-refractivity contribution in [2.45, 2.75) is 72.1 Å². The molecule has 0 aliphatic heterocycles. The van der Waals surface area contributed by atoms with E-state index in [9.17, 15) is 0 Å². The summed E-state index contributed by atoms with van der Waals surface area (Å²) >= 11 is 1.58. The maximum absolute atomic E-state index is 3.60.